The highest BCUT2D eigenvalue weighted by atomic mass is 16.1. The highest BCUT2D eigenvalue weighted by molar-refractivity contribution is 5.75. The van der Waals surface area contributed by atoms with Crippen molar-refractivity contribution in [1.29, 1.82) is 0 Å². The van der Waals surface area contributed by atoms with E-state index in [-0.39, 0.29) is 5.91 Å². The molecule has 1 aliphatic rings. The van der Waals surface area contributed by atoms with E-state index in [1.54, 1.807) is 0 Å². The van der Waals surface area contributed by atoms with Gasteiger partial charge in [-0.3, -0.25) is 4.79 Å². The molecule has 3 nitrogen and oxygen atoms in total. The molecular weight excluding hydrogens is 224 g/mol. The minimum Gasteiger partial charge on any atom is -0.372 e. The van der Waals surface area contributed by atoms with Gasteiger partial charge in [-0.25, -0.2) is 0 Å². The number of rotatable bonds is 5. The zero-order valence-corrected chi connectivity index (χ0v) is 11.1. The zero-order valence-electron chi connectivity index (χ0n) is 11.1. The van der Waals surface area contributed by atoms with Crippen molar-refractivity contribution in [3.63, 3.8) is 0 Å². The van der Waals surface area contributed by atoms with E-state index in [2.05, 4.69) is 34.5 Å². The number of carbonyl (C=O) groups is 1. The summed E-state index contributed by atoms with van der Waals surface area (Å²) < 4.78 is 0. The summed E-state index contributed by atoms with van der Waals surface area (Å²) in [6.45, 7) is 4.98. The Labute approximate surface area is 109 Å². The number of hydrogen-bond acceptors (Lipinski definition) is 2. The van der Waals surface area contributed by atoms with Crippen molar-refractivity contribution in [1.82, 2.24) is 5.32 Å². The molecule has 0 spiro atoms. The average Bonchev–Trinajstić information content (AvgIpc) is 2.93. The maximum atomic E-state index is 11.1. The molecule has 0 aromatic heterocycles. The van der Waals surface area contributed by atoms with Crippen LogP contribution in [0, 0.1) is 0 Å². The largest absolute Gasteiger partial charge is 0.372 e. The fourth-order valence-electron chi connectivity index (χ4n) is 2.32. The second-order valence-electron chi connectivity index (χ2n) is 4.81. The van der Waals surface area contributed by atoms with Gasteiger partial charge in [0.2, 0.25) is 5.91 Å². The SMILES string of the molecule is CCC(=O)NCCc1ccc(N2CCCC2)cc1. The number of amides is 1. The molecule has 1 aromatic rings. The van der Waals surface area contributed by atoms with E-state index in [0.29, 0.717) is 6.42 Å². The van der Waals surface area contributed by atoms with Crippen molar-refractivity contribution in [2.75, 3.05) is 24.5 Å². The van der Waals surface area contributed by atoms with Gasteiger partial charge in [-0.1, -0.05) is 19.1 Å². The van der Waals surface area contributed by atoms with Gasteiger partial charge >= 0.3 is 0 Å². The standard InChI is InChI=1S/C15H22N2O/c1-2-15(18)16-10-9-13-5-7-14(8-6-13)17-11-3-4-12-17/h5-8H,2-4,9-12H2,1H3,(H,16,18). The van der Waals surface area contributed by atoms with Gasteiger partial charge in [-0.05, 0) is 37.0 Å². The van der Waals surface area contributed by atoms with Crippen molar-refractivity contribution < 1.29 is 4.79 Å². The van der Waals surface area contributed by atoms with Gasteiger partial charge in [0, 0.05) is 31.7 Å². The molecule has 0 saturated carbocycles. The van der Waals surface area contributed by atoms with Crippen LogP contribution < -0.4 is 10.2 Å². The van der Waals surface area contributed by atoms with Gasteiger partial charge in [0.25, 0.3) is 0 Å². The number of anilines is 1. The minimum atomic E-state index is 0.128. The molecule has 0 atom stereocenters. The molecule has 98 valence electrons. The van der Waals surface area contributed by atoms with Gasteiger partial charge in [-0.15, -0.1) is 0 Å². The molecular formula is C15H22N2O. The lowest BCUT2D eigenvalue weighted by molar-refractivity contribution is -0.120. The van der Waals surface area contributed by atoms with E-state index < -0.39 is 0 Å². The molecule has 0 bridgehead atoms. The second kappa shape index (κ2) is 6.43. The zero-order chi connectivity index (χ0) is 12.8. The summed E-state index contributed by atoms with van der Waals surface area (Å²) in [7, 11) is 0. The Balaban J connectivity index is 1.81. The Morgan fingerprint density at radius 1 is 1.22 bits per heavy atom. The van der Waals surface area contributed by atoms with E-state index in [1.807, 2.05) is 6.92 Å². The molecule has 3 heteroatoms. The number of nitrogens with zero attached hydrogens (tertiary/aromatic N) is 1. The van der Waals surface area contributed by atoms with Crippen LogP contribution in [0.4, 0.5) is 5.69 Å². The Morgan fingerprint density at radius 2 is 1.89 bits per heavy atom. The second-order valence-corrected chi connectivity index (χ2v) is 4.81. The first kappa shape index (κ1) is 12.9. The molecule has 0 aliphatic carbocycles. The van der Waals surface area contributed by atoms with Gasteiger partial charge in [0.15, 0.2) is 0 Å². The number of benzene rings is 1. The molecule has 0 unspecified atom stereocenters. The van der Waals surface area contributed by atoms with E-state index in [4.69, 9.17) is 0 Å². The molecule has 1 aromatic carbocycles. The first-order valence-corrected chi connectivity index (χ1v) is 6.90. The minimum absolute atomic E-state index is 0.128. The van der Waals surface area contributed by atoms with E-state index in [9.17, 15) is 4.79 Å². The predicted molar refractivity (Wildman–Crippen MR) is 74.9 cm³/mol. The van der Waals surface area contributed by atoms with Crippen LogP contribution in [-0.4, -0.2) is 25.5 Å². The lowest BCUT2D eigenvalue weighted by Crippen LogP contribution is -2.24. The number of nitrogens with one attached hydrogen (secondary N) is 1. The normalized spacial score (nSPS) is 14.8. The van der Waals surface area contributed by atoms with Gasteiger partial charge in [-0.2, -0.15) is 0 Å². The van der Waals surface area contributed by atoms with Gasteiger partial charge in [0.1, 0.15) is 0 Å². The maximum absolute atomic E-state index is 11.1. The molecule has 0 radical (unpaired) electrons. The van der Waals surface area contributed by atoms with Crippen molar-refractivity contribution in [2.24, 2.45) is 0 Å². The lowest BCUT2D eigenvalue weighted by Gasteiger charge is -2.17. The highest BCUT2D eigenvalue weighted by Gasteiger charge is 2.11. The van der Waals surface area contributed by atoms with Gasteiger partial charge in [0.05, 0.1) is 0 Å². The Bertz CT molecular complexity index is 380. The predicted octanol–water partition coefficient (Wildman–Crippen LogP) is 2.36. The van der Waals surface area contributed by atoms with Crippen molar-refractivity contribution >= 4 is 11.6 Å². The fourth-order valence-corrected chi connectivity index (χ4v) is 2.32. The van der Waals surface area contributed by atoms with Crippen LogP contribution in [0.25, 0.3) is 0 Å². The summed E-state index contributed by atoms with van der Waals surface area (Å²) in [5.74, 6) is 0.128. The highest BCUT2D eigenvalue weighted by Crippen LogP contribution is 2.20. The molecule has 1 aliphatic heterocycles. The first-order valence-electron chi connectivity index (χ1n) is 6.90. The number of carbonyl (C=O) groups excluding carboxylic acids is 1. The summed E-state index contributed by atoms with van der Waals surface area (Å²) in [5.41, 5.74) is 2.61. The third kappa shape index (κ3) is 3.49. The molecule has 2 rings (SSSR count). The van der Waals surface area contributed by atoms with Crippen LogP contribution in [0.15, 0.2) is 24.3 Å². The lowest BCUT2D eigenvalue weighted by atomic mass is 10.1. The fraction of sp³-hybridized carbons (Fsp3) is 0.533. The monoisotopic (exact) mass is 246 g/mol. The molecule has 18 heavy (non-hydrogen) atoms. The Hall–Kier alpha value is -1.51. The Kier molecular flexibility index (Phi) is 4.62. The average molecular weight is 246 g/mol. The molecule has 1 heterocycles. The van der Waals surface area contributed by atoms with Crippen molar-refractivity contribution in [2.45, 2.75) is 32.6 Å². The summed E-state index contributed by atoms with van der Waals surface area (Å²) >= 11 is 0. The van der Waals surface area contributed by atoms with E-state index in [0.717, 1.165) is 13.0 Å². The van der Waals surface area contributed by atoms with Crippen LogP contribution >= 0.6 is 0 Å². The van der Waals surface area contributed by atoms with Crippen LogP contribution in [-0.2, 0) is 11.2 Å². The smallest absolute Gasteiger partial charge is 0.219 e. The Morgan fingerprint density at radius 3 is 2.50 bits per heavy atom. The van der Waals surface area contributed by atoms with Crippen LogP contribution in [0.3, 0.4) is 0 Å². The van der Waals surface area contributed by atoms with Crippen LogP contribution in [0.2, 0.25) is 0 Å². The van der Waals surface area contributed by atoms with Crippen molar-refractivity contribution in [3.8, 4) is 0 Å². The van der Waals surface area contributed by atoms with E-state index >= 15 is 0 Å². The number of hydrogen-bond donors (Lipinski definition) is 1. The van der Waals surface area contributed by atoms with E-state index in [1.165, 1.54) is 37.2 Å². The first-order chi connectivity index (χ1) is 8.79. The topological polar surface area (TPSA) is 32.3 Å². The summed E-state index contributed by atoms with van der Waals surface area (Å²) in [6.07, 6.45) is 4.09. The third-order valence-electron chi connectivity index (χ3n) is 3.46. The van der Waals surface area contributed by atoms with Crippen LogP contribution in [0.5, 0.6) is 0 Å². The van der Waals surface area contributed by atoms with Crippen LogP contribution in [0.1, 0.15) is 31.7 Å². The summed E-state index contributed by atoms with van der Waals surface area (Å²) in [4.78, 5) is 13.5. The molecule has 1 saturated heterocycles. The quantitative estimate of drug-likeness (QED) is 0.865. The van der Waals surface area contributed by atoms with Crippen molar-refractivity contribution in [3.05, 3.63) is 29.8 Å². The maximum Gasteiger partial charge on any atom is 0.219 e. The van der Waals surface area contributed by atoms with Gasteiger partial charge < -0.3 is 10.2 Å². The molecule has 1 N–H and O–H groups in total. The molecule has 1 fully saturated rings. The molecule has 1 amide bonds. The summed E-state index contributed by atoms with van der Waals surface area (Å²) in [6, 6.07) is 8.74. The summed E-state index contributed by atoms with van der Waals surface area (Å²) in [5, 5.41) is 2.90. The third-order valence-corrected chi connectivity index (χ3v) is 3.46.